The Kier molecular flexibility index (Phi) is 74.4. The van der Waals surface area contributed by atoms with E-state index in [1.807, 2.05) is 0 Å². The maximum Gasteiger partial charge on any atom is 0.472 e. The highest BCUT2D eigenvalue weighted by Gasteiger charge is 2.30. The lowest BCUT2D eigenvalue weighted by atomic mass is 10.0. The highest BCUT2D eigenvalue weighted by atomic mass is 31.2. The topological polar surface area (TPSA) is 237 Å². The fraction of sp³-hybridized carbons (Fsp3) is 0.952. The zero-order valence-corrected chi connectivity index (χ0v) is 68.5. The zero-order chi connectivity index (χ0) is 74.8. The molecule has 0 aromatic heterocycles. The first kappa shape index (κ1) is 100. The zero-order valence-electron chi connectivity index (χ0n) is 66.8. The molecule has 0 aliphatic heterocycles. The molecule has 606 valence electrons. The summed E-state index contributed by atoms with van der Waals surface area (Å²) < 4.78 is 68.8. The molecule has 17 nitrogen and oxygen atoms in total. The molecule has 0 radical (unpaired) electrons. The standard InChI is InChI=1S/C83H162O17P2/c1-6-9-12-15-18-21-24-26-32-37-42-47-52-57-62-67-81(86)94-73-79(100-83(88)69-64-59-54-49-44-39-35-31-29-28-30-34-36-41-45-50-55-60-65-76(4)5)75-98-102(91,92)96-71-77(84)70-95-101(89,90)97-74-78(72-93-80(85)66-61-56-51-46-40-23-20-17-14-11-8-3)99-82(87)68-63-58-53-48-43-38-33-27-25-22-19-16-13-10-7-2/h76-79,84H,6-75H2,1-5H3,(H,89,90)(H,91,92)/t77-,78+,79+/m0/s1. The second-order valence-corrected chi connectivity index (χ2v) is 33.3. The highest BCUT2D eigenvalue weighted by Crippen LogP contribution is 2.45. The number of rotatable bonds is 83. The minimum absolute atomic E-state index is 0.109. The highest BCUT2D eigenvalue weighted by molar-refractivity contribution is 7.47. The molecule has 0 bridgehead atoms. The number of esters is 4. The van der Waals surface area contributed by atoms with Gasteiger partial charge in [0.25, 0.3) is 0 Å². The first-order valence-corrected chi connectivity index (χ1v) is 46.1. The van der Waals surface area contributed by atoms with Crippen molar-refractivity contribution in [3.63, 3.8) is 0 Å². The average Bonchev–Trinajstić information content (AvgIpc) is 0.914. The summed E-state index contributed by atoms with van der Waals surface area (Å²) in [5.41, 5.74) is 0. The second kappa shape index (κ2) is 75.9. The molecular weight excluding hydrogens is 1330 g/mol. The Morgan fingerprint density at radius 2 is 0.451 bits per heavy atom. The molecule has 0 aromatic carbocycles. The monoisotopic (exact) mass is 1490 g/mol. The SMILES string of the molecule is CCCCCCCCCCCCCCCCCC(=O)OC[C@H](COP(=O)(O)OC[C@@H](O)COP(=O)(O)OC[C@@H](COC(=O)CCCCCCCCCCCCC)OC(=O)CCCCCCCCCCCCCCCCC)OC(=O)CCCCCCCCCCCCCCCCCCCCC(C)C. The molecule has 0 saturated carbocycles. The van der Waals surface area contributed by atoms with Crippen molar-refractivity contribution in [2.24, 2.45) is 5.92 Å². The van der Waals surface area contributed by atoms with E-state index in [1.54, 1.807) is 0 Å². The number of carbonyl (C=O) groups is 4. The van der Waals surface area contributed by atoms with Gasteiger partial charge in [-0.1, -0.05) is 394 Å². The van der Waals surface area contributed by atoms with Gasteiger partial charge >= 0.3 is 39.5 Å². The minimum Gasteiger partial charge on any atom is -0.462 e. The molecule has 19 heteroatoms. The number of ether oxygens (including phenoxy) is 4. The van der Waals surface area contributed by atoms with Crippen LogP contribution in [0.2, 0.25) is 0 Å². The third-order valence-corrected chi connectivity index (χ3v) is 21.4. The van der Waals surface area contributed by atoms with Crippen molar-refractivity contribution in [3.8, 4) is 0 Å². The van der Waals surface area contributed by atoms with Gasteiger partial charge in [-0.2, -0.15) is 0 Å². The van der Waals surface area contributed by atoms with Gasteiger partial charge < -0.3 is 33.8 Å². The Morgan fingerprint density at radius 1 is 0.265 bits per heavy atom. The van der Waals surface area contributed by atoms with Crippen molar-refractivity contribution in [1.82, 2.24) is 0 Å². The van der Waals surface area contributed by atoms with Gasteiger partial charge in [0.2, 0.25) is 0 Å². The summed E-state index contributed by atoms with van der Waals surface area (Å²) in [4.78, 5) is 73.1. The van der Waals surface area contributed by atoms with E-state index in [4.69, 9.17) is 37.0 Å². The average molecular weight is 1490 g/mol. The van der Waals surface area contributed by atoms with Crippen LogP contribution in [0, 0.1) is 5.92 Å². The van der Waals surface area contributed by atoms with Gasteiger partial charge in [0, 0.05) is 25.7 Å². The van der Waals surface area contributed by atoms with Gasteiger partial charge in [0.1, 0.15) is 19.3 Å². The summed E-state index contributed by atoms with van der Waals surface area (Å²) in [6.07, 6.45) is 67.9. The van der Waals surface area contributed by atoms with Gasteiger partial charge in [0.05, 0.1) is 26.4 Å². The van der Waals surface area contributed by atoms with Gasteiger partial charge in [-0.05, 0) is 31.6 Å². The van der Waals surface area contributed by atoms with Crippen LogP contribution in [-0.2, 0) is 65.4 Å². The van der Waals surface area contributed by atoms with Crippen molar-refractivity contribution >= 4 is 39.5 Å². The predicted molar refractivity (Wildman–Crippen MR) is 418 cm³/mol. The van der Waals surface area contributed by atoms with E-state index in [9.17, 15) is 43.2 Å². The lowest BCUT2D eigenvalue weighted by Crippen LogP contribution is -2.30. The summed E-state index contributed by atoms with van der Waals surface area (Å²) in [6.45, 7) is 7.39. The Balaban J connectivity index is 5.23. The van der Waals surface area contributed by atoms with E-state index in [-0.39, 0.29) is 25.7 Å². The largest absolute Gasteiger partial charge is 0.472 e. The van der Waals surface area contributed by atoms with Crippen molar-refractivity contribution in [3.05, 3.63) is 0 Å². The summed E-state index contributed by atoms with van der Waals surface area (Å²) in [5.74, 6) is -1.28. The minimum atomic E-state index is -4.96. The quantitative estimate of drug-likeness (QED) is 0.0222. The molecule has 0 amide bonds. The fourth-order valence-corrected chi connectivity index (χ4v) is 14.5. The first-order valence-electron chi connectivity index (χ1n) is 43.1. The maximum absolute atomic E-state index is 13.1. The smallest absolute Gasteiger partial charge is 0.462 e. The van der Waals surface area contributed by atoms with Crippen molar-refractivity contribution in [1.29, 1.82) is 0 Å². The Labute approximate surface area is 626 Å². The number of hydrogen-bond donors (Lipinski definition) is 3. The molecule has 0 aromatic rings. The molecule has 2 unspecified atom stereocenters. The fourth-order valence-electron chi connectivity index (χ4n) is 12.9. The number of hydrogen-bond acceptors (Lipinski definition) is 15. The lowest BCUT2D eigenvalue weighted by molar-refractivity contribution is -0.161. The Morgan fingerprint density at radius 3 is 0.667 bits per heavy atom. The van der Waals surface area contributed by atoms with E-state index in [0.29, 0.717) is 25.7 Å². The number of aliphatic hydroxyl groups is 1. The summed E-state index contributed by atoms with van der Waals surface area (Å²) in [5, 5.41) is 10.7. The lowest BCUT2D eigenvalue weighted by Gasteiger charge is -2.21. The van der Waals surface area contributed by atoms with E-state index in [0.717, 1.165) is 95.8 Å². The molecule has 5 atom stereocenters. The van der Waals surface area contributed by atoms with Crippen LogP contribution in [0.3, 0.4) is 0 Å². The summed E-state index contributed by atoms with van der Waals surface area (Å²) in [6, 6.07) is 0. The van der Waals surface area contributed by atoms with E-state index >= 15 is 0 Å². The van der Waals surface area contributed by atoms with Gasteiger partial charge in [-0.3, -0.25) is 37.3 Å². The van der Waals surface area contributed by atoms with Crippen LogP contribution >= 0.6 is 15.6 Å². The van der Waals surface area contributed by atoms with Crippen molar-refractivity contribution < 1.29 is 80.2 Å². The van der Waals surface area contributed by atoms with Gasteiger partial charge in [-0.25, -0.2) is 9.13 Å². The van der Waals surface area contributed by atoms with E-state index in [1.165, 1.54) is 270 Å². The molecule has 0 rings (SSSR count). The van der Waals surface area contributed by atoms with Gasteiger partial charge in [-0.15, -0.1) is 0 Å². The van der Waals surface area contributed by atoms with Gasteiger partial charge in [0.15, 0.2) is 12.2 Å². The normalized spacial score (nSPS) is 13.8. The first-order chi connectivity index (χ1) is 49.5. The maximum atomic E-state index is 13.1. The molecule has 3 N–H and O–H groups in total. The number of aliphatic hydroxyl groups excluding tert-OH is 1. The third kappa shape index (κ3) is 76.3. The van der Waals surface area contributed by atoms with Crippen molar-refractivity contribution in [2.45, 2.75) is 464 Å². The molecule has 0 spiro atoms. The Bertz CT molecular complexity index is 1940. The molecule has 102 heavy (non-hydrogen) atoms. The summed E-state index contributed by atoms with van der Waals surface area (Å²) in [7, 11) is -9.92. The summed E-state index contributed by atoms with van der Waals surface area (Å²) >= 11 is 0. The van der Waals surface area contributed by atoms with Crippen molar-refractivity contribution in [2.75, 3.05) is 39.6 Å². The number of carbonyl (C=O) groups excluding carboxylic acids is 4. The van der Waals surface area contributed by atoms with Crippen LogP contribution in [0.4, 0.5) is 0 Å². The van der Waals surface area contributed by atoms with Crippen LogP contribution in [-0.4, -0.2) is 96.7 Å². The van der Waals surface area contributed by atoms with E-state index < -0.39 is 97.5 Å². The molecule has 0 aliphatic rings. The molecule has 0 heterocycles. The molecule has 0 saturated heterocycles. The number of unbranched alkanes of at least 4 members (excludes halogenated alkanes) is 55. The van der Waals surface area contributed by atoms with Crippen LogP contribution in [0.25, 0.3) is 0 Å². The molecule has 0 aliphatic carbocycles. The predicted octanol–water partition coefficient (Wildman–Crippen LogP) is 25.2. The van der Waals surface area contributed by atoms with Crippen LogP contribution in [0.1, 0.15) is 446 Å². The van der Waals surface area contributed by atoms with Crippen LogP contribution < -0.4 is 0 Å². The third-order valence-electron chi connectivity index (χ3n) is 19.5. The van der Waals surface area contributed by atoms with Crippen LogP contribution in [0.5, 0.6) is 0 Å². The van der Waals surface area contributed by atoms with Crippen LogP contribution in [0.15, 0.2) is 0 Å². The number of phosphoric ester groups is 2. The van der Waals surface area contributed by atoms with E-state index in [2.05, 4.69) is 34.6 Å². The second-order valence-electron chi connectivity index (χ2n) is 30.3. The number of phosphoric acid groups is 2. The molecular formula is C83H162O17P2. The molecule has 0 fully saturated rings. The Hall–Kier alpha value is -1.94.